The molecule has 0 bridgehead atoms. The van der Waals surface area contributed by atoms with Crippen LogP contribution in [0.1, 0.15) is 25.1 Å². The molecule has 0 fully saturated rings. The average Bonchev–Trinajstić information content (AvgIpc) is 2.78. The quantitative estimate of drug-likeness (QED) is 0.900. The third-order valence-electron chi connectivity index (χ3n) is 2.71. The Bertz CT molecular complexity index is 532. The molecule has 3 nitrogen and oxygen atoms in total. The fraction of sp³-hybridized carbons (Fsp3) is 0.357. The minimum absolute atomic E-state index is 0.235. The minimum Gasteiger partial charge on any atom is -0.309 e. The van der Waals surface area contributed by atoms with Gasteiger partial charge in [-0.2, -0.15) is 0 Å². The first-order valence-corrected chi connectivity index (χ1v) is 6.09. The second-order valence-corrected chi connectivity index (χ2v) is 4.76. The number of rotatable bonds is 4. The summed E-state index contributed by atoms with van der Waals surface area (Å²) < 4.78 is 15.4. The molecule has 0 aliphatic rings. The maximum atomic E-state index is 13.7. The highest BCUT2D eigenvalue weighted by atomic mass is 19.1. The molecule has 0 unspecified atom stereocenters. The van der Waals surface area contributed by atoms with Crippen LogP contribution in [0.4, 0.5) is 4.39 Å². The molecular weight excluding hydrogens is 229 g/mol. The van der Waals surface area contributed by atoms with E-state index in [0.29, 0.717) is 18.3 Å². The van der Waals surface area contributed by atoms with Crippen LogP contribution in [0.15, 0.2) is 30.7 Å². The topological polar surface area (TPSA) is 29.9 Å². The number of nitrogens with one attached hydrogen (secondary N) is 1. The third-order valence-corrected chi connectivity index (χ3v) is 2.71. The SMILES string of the molecule is Cc1ccc(F)c(-n2cnc(CNC(C)C)c2)c1. The normalized spacial score (nSPS) is 11.2. The van der Waals surface area contributed by atoms with E-state index in [4.69, 9.17) is 0 Å². The van der Waals surface area contributed by atoms with E-state index in [9.17, 15) is 4.39 Å². The summed E-state index contributed by atoms with van der Waals surface area (Å²) in [6.45, 7) is 6.80. The highest BCUT2D eigenvalue weighted by Gasteiger charge is 2.06. The minimum atomic E-state index is -0.235. The Morgan fingerprint density at radius 1 is 1.39 bits per heavy atom. The number of halogens is 1. The van der Waals surface area contributed by atoms with Gasteiger partial charge in [0, 0.05) is 18.8 Å². The van der Waals surface area contributed by atoms with Gasteiger partial charge in [-0.05, 0) is 24.6 Å². The van der Waals surface area contributed by atoms with Crippen molar-refractivity contribution < 1.29 is 4.39 Å². The third kappa shape index (κ3) is 2.96. The van der Waals surface area contributed by atoms with Crippen molar-refractivity contribution in [3.05, 3.63) is 47.8 Å². The molecule has 18 heavy (non-hydrogen) atoms. The highest BCUT2D eigenvalue weighted by molar-refractivity contribution is 5.37. The van der Waals surface area contributed by atoms with Crippen LogP contribution in [0.3, 0.4) is 0 Å². The first kappa shape index (κ1) is 12.8. The fourth-order valence-corrected chi connectivity index (χ4v) is 1.72. The molecule has 4 heteroatoms. The van der Waals surface area contributed by atoms with Crippen molar-refractivity contribution in [1.29, 1.82) is 0 Å². The molecule has 0 atom stereocenters. The Balaban J connectivity index is 2.21. The highest BCUT2D eigenvalue weighted by Crippen LogP contribution is 2.15. The second kappa shape index (κ2) is 5.31. The van der Waals surface area contributed by atoms with Crippen molar-refractivity contribution in [2.75, 3.05) is 0 Å². The number of aromatic nitrogens is 2. The number of benzene rings is 1. The summed E-state index contributed by atoms with van der Waals surface area (Å²) in [6.07, 6.45) is 3.50. The Morgan fingerprint density at radius 2 is 2.17 bits per heavy atom. The van der Waals surface area contributed by atoms with Gasteiger partial charge in [0.25, 0.3) is 0 Å². The van der Waals surface area contributed by atoms with Crippen molar-refractivity contribution in [3.8, 4) is 5.69 Å². The second-order valence-electron chi connectivity index (χ2n) is 4.76. The van der Waals surface area contributed by atoms with Crippen molar-refractivity contribution in [3.63, 3.8) is 0 Å². The number of aryl methyl sites for hydroxylation is 1. The van der Waals surface area contributed by atoms with E-state index in [-0.39, 0.29) is 5.82 Å². The van der Waals surface area contributed by atoms with Gasteiger partial charge in [-0.1, -0.05) is 19.9 Å². The van der Waals surface area contributed by atoms with Crippen LogP contribution >= 0.6 is 0 Å². The molecule has 1 aromatic carbocycles. The van der Waals surface area contributed by atoms with Crippen LogP contribution in [0.2, 0.25) is 0 Å². The van der Waals surface area contributed by atoms with E-state index in [1.807, 2.05) is 19.2 Å². The lowest BCUT2D eigenvalue weighted by Gasteiger charge is -2.06. The molecule has 0 saturated carbocycles. The van der Waals surface area contributed by atoms with E-state index in [0.717, 1.165) is 11.3 Å². The molecule has 96 valence electrons. The zero-order valence-corrected chi connectivity index (χ0v) is 10.9. The summed E-state index contributed by atoms with van der Waals surface area (Å²) in [5.41, 5.74) is 2.48. The predicted molar refractivity (Wildman–Crippen MR) is 70.2 cm³/mol. The fourth-order valence-electron chi connectivity index (χ4n) is 1.72. The average molecular weight is 247 g/mol. The Labute approximate surface area is 107 Å². The standard InChI is InChI=1S/C14H18FN3/c1-10(2)16-7-12-8-18(9-17-12)14-6-11(3)4-5-13(14)15/h4-6,8-10,16H,7H2,1-3H3. The van der Waals surface area contributed by atoms with Gasteiger partial charge in [0.2, 0.25) is 0 Å². The van der Waals surface area contributed by atoms with E-state index in [1.54, 1.807) is 17.0 Å². The largest absolute Gasteiger partial charge is 0.309 e. The number of hydrogen-bond acceptors (Lipinski definition) is 2. The number of nitrogens with zero attached hydrogens (tertiary/aromatic N) is 2. The lowest BCUT2D eigenvalue weighted by atomic mass is 10.2. The summed E-state index contributed by atoms with van der Waals surface area (Å²) in [5, 5.41) is 3.28. The first-order chi connectivity index (χ1) is 8.56. The molecule has 0 aliphatic carbocycles. The van der Waals surface area contributed by atoms with Crippen LogP contribution < -0.4 is 5.32 Å². The maximum absolute atomic E-state index is 13.7. The van der Waals surface area contributed by atoms with E-state index >= 15 is 0 Å². The van der Waals surface area contributed by atoms with Gasteiger partial charge in [-0.15, -0.1) is 0 Å². The van der Waals surface area contributed by atoms with Crippen LogP contribution in [0.25, 0.3) is 5.69 Å². The molecule has 0 amide bonds. The molecule has 0 saturated heterocycles. The Morgan fingerprint density at radius 3 is 2.89 bits per heavy atom. The van der Waals surface area contributed by atoms with Crippen molar-refractivity contribution in [2.24, 2.45) is 0 Å². The maximum Gasteiger partial charge on any atom is 0.147 e. The zero-order chi connectivity index (χ0) is 13.1. The summed E-state index contributed by atoms with van der Waals surface area (Å²) in [7, 11) is 0. The van der Waals surface area contributed by atoms with Gasteiger partial charge in [0.1, 0.15) is 5.82 Å². The number of imidazole rings is 1. The van der Waals surface area contributed by atoms with Gasteiger partial charge in [0.15, 0.2) is 0 Å². The van der Waals surface area contributed by atoms with Crippen LogP contribution in [0, 0.1) is 12.7 Å². The molecule has 1 aromatic heterocycles. The zero-order valence-electron chi connectivity index (χ0n) is 10.9. The predicted octanol–water partition coefficient (Wildman–Crippen LogP) is 2.82. The molecular formula is C14H18FN3. The molecule has 2 aromatic rings. The molecule has 1 heterocycles. The molecule has 0 radical (unpaired) electrons. The van der Waals surface area contributed by atoms with Crippen molar-refractivity contribution in [1.82, 2.24) is 14.9 Å². The molecule has 0 spiro atoms. The van der Waals surface area contributed by atoms with E-state index in [1.165, 1.54) is 6.07 Å². The van der Waals surface area contributed by atoms with Crippen LogP contribution in [-0.4, -0.2) is 15.6 Å². The van der Waals surface area contributed by atoms with Gasteiger partial charge in [-0.3, -0.25) is 0 Å². The summed E-state index contributed by atoms with van der Waals surface area (Å²) in [4.78, 5) is 4.27. The van der Waals surface area contributed by atoms with Gasteiger partial charge in [-0.25, -0.2) is 9.37 Å². The van der Waals surface area contributed by atoms with E-state index in [2.05, 4.69) is 24.1 Å². The Kier molecular flexibility index (Phi) is 3.77. The monoisotopic (exact) mass is 247 g/mol. The first-order valence-electron chi connectivity index (χ1n) is 6.09. The summed E-state index contributed by atoms with van der Waals surface area (Å²) in [6, 6.07) is 5.47. The Hall–Kier alpha value is -1.68. The summed E-state index contributed by atoms with van der Waals surface area (Å²) >= 11 is 0. The lowest BCUT2D eigenvalue weighted by molar-refractivity contribution is 0.582. The number of hydrogen-bond donors (Lipinski definition) is 1. The van der Waals surface area contributed by atoms with Gasteiger partial charge >= 0.3 is 0 Å². The molecule has 0 aliphatic heterocycles. The van der Waals surface area contributed by atoms with Crippen molar-refractivity contribution >= 4 is 0 Å². The van der Waals surface area contributed by atoms with Gasteiger partial charge in [0.05, 0.1) is 17.7 Å². The summed E-state index contributed by atoms with van der Waals surface area (Å²) in [5.74, 6) is -0.235. The smallest absolute Gasteiger partial charge is 0.147 e. The van der Waals surface area contributed by atoms with Crippen LogP contribution in [-0.2, 0) is 6.54 Å². The van der Waals surface area contributed by atoms with Crippen LogP contribution in [0.5, 0.6) is 0 Å². The van der Waals surface area contributed by atoms with Gasteiger partial charge < -0.3 is 9.88 Å². The van der Waals surface area contributed by atoms with Crippen molar-refractivity contribution in [2.45, 2.75) is 33.4 Å². The van der Waals surface area contributed by atoms with E-state index < -0.39 is 0 Å². The molecule has 1 N–H and O–H groups in total. The lowest BCUT2D eigenvalue weighted by Crippen LogP contribution is -2.21. The molecule has 2 rings (SSSR count).